The predicted octanol–water partition coefficient (Wildman–Crippen LogP) is 3.71. The second-order valence-corrected chi connectivity index (χ2v) is 9.82. The number of carbonyl (C=O) groups excluding carboxylic acids is 1. The Bertz CT molecular complexity index is 1330. The van der Waals surface area contributed by atoms with E-state index in [1.54, 1.807) is 13.3 Å². The number of ether oxygens (including phenoxy) is 2. The number of aromatic nitrogens is 4. The lowest BCUT2D eigenvalue weighted by atomic mass is 9.81. The van der Waals surface area contributed by atoms with Crippen LogP contribution in [-0.2, 0) is 14.3 Å². The molecule has 2 aliphatic rings. The summed E-state index contributed by atoms with van der Waals surface area (Å²) in [6.45, 7) is 6.00. The number of hydrogen-bond donors (Lipinski definition) is 3. The van der Waals surface area contributed by atoms with Gasteiger partial charge in [-0.15, -0.1) is 0 Å². The molecule has 1 saturated heterocycles. The average molecular weight is 521 g/mol. The van der Waals surface area contributed by atoms with E-state index in [2.05, 4.69) is 25.6 Å². The van der Waals surface area contributed by atoms with Gasteiger partial charge in [0.05, 0.1) is 24.4 Å². The quantitative estimate of drug-likeness (QED) is 0.408. The van der Waals surface area contributed by atoms with Gasteiger partial charge in [-0.1, -0.05) is 50.3 Å². The molecule has 38 heavy (non-hydrogen) atoms. The van der Waals surface area contributed by atoms with E-state index >= 15 is 0 Å². The highest BCUT2D eigenvalue weighted by molar-refractivity contribution is 5.95. The number of carbonyl (C=O) groups is 2. The van der Waals surface area contributed by atoms with Gasteiger partial charge in [-0.25, -0.2) is 19.7 Å². The third-order valence-electron chi connectivity index (χ3n) is 7.61. The normalized spacial score (nSPS) is 26.3. The number of benzene rings is 1. The van der Waals surface area contributed by atoms with Crippen LogP contribution >= 0.6 is 0 Å². The predicted molar refractivity (Wildman–Crippen MR) is 140 cm³/mol. The molecule has 7 atom stereocenters. The number of carboxylic acids is 1. The lowest BCUT2D eigenvalue weighted by Gasteiger charge is -2.27. The fourth-order valence-corrected chi connectivity index (χ4v) is 5.42. The van der Waals surface area contributed by atoms with Gasteiger partial charge in [-0.3, -0.25) is 10.1 Å². The van der Waals surface area contributed by atoms with Crippen LogP contribution in [0.5, 0.6) is 0 Å². The molecular formula is C27H32N6O5. The average Bonchev–Trinajstić information content (AvgIpc) is 3.61. The van der Waals surface area contributed by atoms with Gasteiger partial charge in [-0.05, 0) is 36.8 Å². The van der Waals surface area contributed by atoms with Crippen LogP contribution in [0.3, 0.4) is 0 Å². The fourth-order valence-electron chi connectivity index (χ4n) is 5.42. The number of aliphatic carboxylic acids is 1. The maximum Gasteiger partial charge on any atom is 0.320 e. The molecule has 0 bridgehead atoms. The first-order valence-electron chi connectivity index (χ1n) is 12.9. The van der Waals surface area contributed by atoms with E-state index in [0.29, 0.717) is 29.9 Å². The number of carboxylic acid groups (broad SMARTS) is 1. The third kappa shape index (κ3) is 4.99. The maximum atomic E-state index is 12.1. The Kier molecular flexibility index (Phi) is 7.39. The minimum absolute atomic E-state index is 0.0570. The molecule has 3 N–H and O–H groups in total. The summed E-state index contributed by atoms with van der Waals surface area (Å²) < 4.78 is 14.7. The molecule has 11 heteroatoms. The first kappa shape index (κ1) is 25.8. The fraction of sp³-hybridized carbons (Fsp3) is 0.444. The van der Waals surface area contributed by atoms with Crippen LogP contribution in [0.25, 0.3) is 17.2 Å². The SMILES string of the molecule is CCNC(=O)Nc1ncnc2c1ncn2C1CC(C(C)C(C)C(=O)O)C2O[C@H](/C=C/c3ccccc3)OC21. The Balaban J connectivity index is 1.45. The van der Waals surface area contributed by atoms with E-state index in [-0.39, 0.29) is 36.1 Å². The number of amides is 2. The van der Waals surface area contributed by atoms with Gasteiger partial charge in [0, 0.05) is 6.54 Å². The number of imidazole rings is 1. The maximum absolute atomic E-state index is 12.1. The lowest BCUT2D eigenvalue weighted by Crippen LogP contribution is -2.33. The molecule has 3 heterocycles. The van der Waals surface area contributed by atoms with Crippen molar-refractivity contribution < 1.29 is 24.2 Å². The molecule has 200 valence electrons. The van der Waals surface area contributed by atoms with Gasteiger partial charge in [0.1, 0.15) is 12.4 Å². The molecule has 1 aromatic carbocycles. The second kappa shape index (κ2) is 10.9. The molecule has 1 aliphatic heterocycles. The summed E-state index contributed by atoms with van der Waals surface area (Å²) in [6.07, 6.45) is 6.34. The first-order chi connectivity index (χ1) is 18.4. The van der Waals surface area contributed by atoms with Gasteiger partial charge < -0.3 is 24.5 Å². The number of nitrogens with zero attached hydrogens (tertiary/aromatic N) is 4. The highest BCUT2D eigenvalue weighted by atomic mass is 16.7. The summed E-state index contributed by atoms with van der Waals surface area (Å²) in [5.41, 5.74) is 2.05. The van der Waals surface area contributed by atoms with Crippen molar-refractivity contribution in [3.05, 3.63) is 54.6 Å². The van der Waals surface area contributed by atoms with Gasteiger partial charge in [0.2, 0.25) is 0 Å². The number of fused-ring (bicyclic) bond motifs is 2. The molecule has 2 amide bonds. The smallest absolute Gasteiger partial charge is 0.320 e. The standard InChI is InChI=1S/C27H32N6O5/c1-4-28-27(36)32-24-21-25(30-13-29-24)33(14-31-21)19-12-18(15(2)16(3)26(34)35)22-23(19)38-20(37-22)11-10-17-8-6-5-7-9-17/h5-11,13-16,18-20,22-23H,4,12H2,1-3H3,(H,34,35)(H2,28,29,30,32,36)/b11-10+/t15?,16?,18?,19?,20-,22?,23?/m0/s1. The molecule has 2 aromatic heterocycles. The molecule has 2 fully saturated rings. The molecule has 6 unspecified atom stereocenters. The van der Waals surface area contributed by atoms with Gasteiger partial charge in [-0.2, -0.15) is 0 Å². The number of nitrogens with one attached hydrogen (secondary N) is 2. The molecule has 0 spiro atoms. The summed E-state index contributed by atoms with van der Waals surface area (Å²) >= 11 is 0. The van der Waals surface area contributed by atoms with Crippen molar-refractivity contribution in [1.29, 1.82) is 0 Å². The van der Waals surface area contributed by atoms with Crippen LogP contribution in [0, 0.1) is 17.8 Å². The molecule has 1 saturated carbocycles. The van der Waals surface area contributed by atoms with E-state index in [0.717, 1.165) is 5.56 Å². The summed E-state index contributed by atoms with van der Waals surface area (Å²) in [4.78, 5) is 37.1. The molecule has 5 rings (SSSR count). The van der Waals surface area contributed by atoms with Crippen LogP contribution in [0.2, 0.25) is 0 Å². The van der Waals surface area contributed by atoms with Crippen LogP contribution in [0.15, 0.2) is 49.1 Å². The molecular weight excluding hydrogens is 488 g/mol. The molecule has 3 aromatic rings. The topological polar surface area (TPSA) is 140 Å². The number of urea groups is 1. The summed E-state index contributed by atoms with van der Waals surface area (Å²) in [6, 6.07) is 9.32. The molecule has 0 radical (unpaired) electrons. The highest BCUT2D eigenvalue weighted by Gasteiger charge is 2.54. The third-order valence-corrected chi connectivity index (χ3v) is 7.61. The Morgan fingerprint density at radius 3 is 2.66 bits per heavy atom. The van der Waals surface area contributed by atoms with E-state index in [4.69, 9.17) is 9.47 Å². The second-order valence-electron chi connectivity index (χ2n) is 9.82. The molecule has 11 nitrogen and oxygen atoms in total. The Morgan fingerprint density at radius 2 is 1.92 bits per heavy atom. The van der Waals surface area contributed by atoms with Crippen LogP contribution in [0.1, 0.15) is 38.8 Å². The lowest BCUT2D eigenvalue weighted by molar-refractivity contribution is -0.144. The van der Waals surface area contributed by atoms with Crippen molar-refractivity contribution in [3.63, 3.8) is 0 Å². The van der Waals surface area contributed by atoms with Gasteiger partial charge in [0.25, 0.3) is 0 Å². The van der Waals surface area contributed by atoms with E-state index in [1.165, 1.54) is 6.33 Å². The monoisotopic (exact) mass is 520 g/mol. The zero-order valence-corrected chi connectivity index (χ0v) is 21.5. The highest BCUT2D eigenvalue weighted by Crippen LogP contribution is 2.49. The van der Waals surface area contributed by atoms with E-state index in [1.807, 2.05) is 60.9 Å². The Labute approximate surface area is 220 Å². The zero-order valence-electron chi connectivity index (χ0n) is 21.5. The van der Waals surface area contributed by atoms with Gasteiger partial charge >= 0.3 is 12.0 Å². The largest absolute Gasteiger partial charge is 0.481 e. The summed E-state index contributed by atoms with van der Waals surface area (Å²) in [5.74, 6) is -1.27. The summed E-state index contributed by atoms with van der Waals surface area (Å²) in [7, 11) is 0. The minimum atomic E-state index is -0.834. The number of hydrogen-bond acceptors (Lipinski definition) is 7. The Hall–Kier alpha value is -3.83. The Morgan fingerprint density at radius 1 is 1.16 bits per heavy atom. The van der Waals surface area contributed by atoms with Crippen molar-refractivity contribution >= 4 is 35.1 Å². The number of anilines is 1. The first-order valence-corrected chi connectivity index (χ1v) is 12.9. The van der Waals surface area contributed by atoms with E-state index in [9.17, 15) is 14.7 Å². The van der Waals surface area contributed by atoms with Crippen LogP contribution in [0.4, 0.5) is 10.6 Å². The van der Waals surface area contributed by atoms with Crippen molar-refractivity contribution in [2.24, 2.45) is 17.8 Å². The van der Waals surface area contributed by atoms with Gasteiger partial charge in [0.15, 0.2) is 23.3 Å². The van der Waals surface area contributed by atoms with Crippen LogP contribution < -0.4 is 10.6 Å². The molecule has 1 aliphatic carbocycles. The van der Waals surface area contributed by atoms with Crippen molar-refractivity contribution in [2.75, 3.05) is 11.9 Å². The van der Waals surface area contributed by atoms with Crippen molar-refractivity contribution in [1.82, 2.24) is 24.8 Å². The minimum Gasteiger partial charge on any atom is -0.481 e. The zero-order chi connectivity index (χ0) is 26.8. The van der Waals surface area contributed by atoms with E-state index < -0.39 is 18.2 Å². The van der Waals surface area contributed by atoms with Crippen LogP contribution in [-0.4, -0.2) is 61.7 Å². The van der Waals surface area contributed by atoms with Crippen molar-refractivity contribution in [3.8, 4) is 0 Å². The van der Waals surface area contributed by atoms with Crippen molar-refractivity contribution in [2.45, 2.75) is 51.7 Å². The summed E-state index contributed by atoms with van der Waals surface area (Å²) in [5, 5.41) is 15.1. The number of rotatable bonds is 8.